The Balaban J connectivity index is 1.93. The highest BCUT2D eigenvalue weighted by Gasteiger charge is 2.24. The molecule has 1 amide bonds. The fourth-order valence-corrected chi connectivity index (χ4v) is 3.15. The number of imidazole rings is 1. The molecule has 0 aliphatic rings. The highest BCUT2D eigenvalue weighted by molar-refractivity contribution is 6.31. The summed E-state index contributed by atoms with van der Waals surface area (Å²) in [5, 5.41) is 3.15. The normalized spacial score (nSPS) is 11.9. The second-order valence-electron chi connectivity index (χ2n) is 6.02. The maximum absolute atomic E-state index is 14.0. The number of hydrogen-bond donors (Lipinski definition) is 1. The van der Waals surface area contributed by atoms with Gasteiger partial charge in [-0.2, -0.15) is 0 Å². The van der Waals surface area contributed by atoms with Crippen LogP contribution in [0.5, 0.6) is 5.75 Å². The molecule has 3 aromatic rings. The number of methoxy groups -OCH3 is 1. The van der Waals surface area contributed by atoms with E-state index < -0.39 is 11.9 Å². The maximum Gasteiger partial charge on any atom is 0.225 e. The van der Waals surface area contributed by atoms with E-state index >= 15 is 0 Å². The highest BCUT2D eigenvalue weighted by atomic mass is 35.5. The van der Waals surface area contributed by atoms with Gasteiger partial charge in [0.1, 0.15) is 23.4 Å². The predicted octanol–water partition coefficient (Wildman–Crippen LogP) is 3.67. The van der Waals surface area contributed by atoms with E-state index in [-0.39, 0.29) is 22.9 Å². The minimum atomic E-state index is -0.556. The summed E-state index contributed by atoms with van der Waals surface area (Å²) < 4.78 is 21.3. The zero-order valence-corrected chi connectivity index (χ0v) is 15.7. The molecule has 1 aromatic heterocycles. The fourth-order valence-electron chi connectivity index (χ4n) is 2.92. The van der Waals surface area contributed by atoms with Crippen LogP contribution in [0.2, 0.25) is 5.02 Å². The number of nitrogens with zero attached hydrogens (tertiary/aromatic N) is 2. The van der Waals surface area contributed by atoms with Gasteiger partial charge in [0.25, 0.3) is 0 Å². The quantitative estimate of drug-likeness (QED) is 0.702. The van der Waals surface area contributed by atoms with E-state index in [9.17, 15) is 9.18 Å². The number of amides is 1. The van der Waals surface area contributed by atoms with Crippen LogP contribution in [-0.2, 0) is 18.3 Å². The minimum absolute atomic E-state index is 0.162. The van der Waals surface area contributed by atoms with E-state index in [2.05, 4.69) is 10.3 Å². The first-order valence-electron chi connectivity index (χ1n) is 8.33. The van der Waals surface area contributed by atoms with Crippen LogP contribution in [0.4, 0.5) is 4.39 Å². The lowest BCUT2D eigenvalue weighted by molar-refractivity contribution is -0.121. The van der Waals surface area contributed by atoms with Crippen molar-refractivity contribution in [3.63, 3.8) is 0 Å². The zero-order valence-electron chi connectivity index (χ0n) is 14.9. The lowest BCUT2D eigenvalue weighted by atomic mass is 10.0. The molecule has 2 aromatic carbocycles. The molecule has 1 atom stereocenters. The third-order valence-corrected chi connectivity index (χ3v) is 4.63. The summed E-state index contributed by atoms with van der Waals surface area (Å²) in [5.74, 6) is 0.367. The van der Waals surface area contributed by atoms with E-state index in [1.807, 2.05) is 35.9 Å². The molecular formula is C20H19ClFN3O2. The number of ether oxygens (including phenoxy) is 1. The molecule has 0 saturated carbocycles. The highest BCUT2D eigenvalue weighted by Crippen LogP contribution is 2.29. The maximum atomic E-state index is 14.0. The van der Waals surface area contributed by atoms with Crippen LogP contribution < -0.4 is 10.1 Å². The average molecular weight is 388 g/mol. The molecule has 0 aliphatic heterocycles. The second-order valence-corrected chi connectivity index (χ2v) is 6.42. The Kier molecular flexibility index (Phi) is 5.76. The third-order valence-electron chi connectivity index (χ3n) is 4.27. The van der Waals surface area contributed by atoms with E-state index in [0.29, 0.717) is 11.6 Å². The largest absolute Gasteiger partial charge is 0.496 e. The molecule has 0 bridgehead atoms. The van der Waals surface area contributed by atoms with E-state index in [0.717, 1.165) is 5.56 Å². The Labute approximate surface area is 161 Å². The first-order chi connectivity index (χ1) is 13.0. The molecule has 0 saturated heterocycles. The summed E-state index contributed by atoms with van der Waals surface area (Å²) in [6.45, 7) is 0. The lowest BCUT2D eigenvalue weighted by Gasteiger charge is -2.21. The van der Waals surface area contributed by atoms with Gasteiger partial charge in [0.05, 0.1) is 13.5 Å². The molecular weight excluding hydrogens is 369 g/mol. The Morgan fingerprint density at radius 1 is 1.30 bits per heavy atom. The van der Waals surface area contributed by atoms with Gasteiger partial charge >= 0.3 is 0 Å². The SMILES string of the molecule is COc1ccccc1[C@@H](NC(=O)Cc1c(F)cccc1Cl)c1nccn1C. The van der Waals surface area contributed by atoms with Crippen LogP contribution in [0.15, 0.2) is 54.9 Å². The first-order valence-corrected chi connectivity index (χ1v) is 8.71. The van der Waals surface area contributed by atoms with Crippen LogP contribution in [-0.4, -0.2) is 22.6 Å². The number of carbonyl (C=O) groups is 1. The van der Waals surface area contributed by atoms with E-state index in [4.69, 9.17) is 16.3 Å². The van der Waals surface area contributed by atoms with Crippen molar-refractivity contribution >= 4 is 17.5 Å². The van der Waals surface area contributed by atoms with Crippen molar-refractivity contribution in [3.05, 3.63) is 82.6 Å². The van der Waals surface area contributed by atoms with Crippen molar-refractivity contribution in [2.24, 2.45) is 7.05 Å². The number of para-hydroxylation sites is 1. The number of benzene rings is 2. The van der Waals surface area contributed by atoms with Crippen molar-refractivity contribution < 1.29 is 13.9 Å². The van der Waals surface area contributed by atoms with Crippen LogP contribution >= 0.6 is 11.6 Å². The first kappa shape index (κ1) is 18.9. The summed E-state index contributed by atoms with van der Waals surface area (Å²) in [7, 11) is 3.40. The van der Waals surface area contributed by atoms with Crippen molar-refractivity contribution in [1.29, 1.82) is 0 Å². The molecule has 0 aliphatic carbocycles. The zero-order chi connectivity index (χ0) is 19.4. The molecule has 0 spiro atoms. The molecule has 5 nitrogen and oxygen atoms in total. The number of aromatic nitrogens is 2. The van der Waals surface area contributed by atoms with Gasteiger partial charge in [-0.3, -0.25) is 4.79 Å². The van der Waals surface area contributed by atoms with Crippen LogP contribution in [0.1, 0.15) is 23.0 Å². The predicted molar refractivity (Wildman–Crippen MR) is 101 cm³/mol. The summed E-state index contributed by atoms with van der Waals surface area (Å²) in [6.07, 6.45) is 3.26. The van der Waals surface area contributed by atoms with Gasteiger partial charge in [0.2, 0.25) is 5.91 Å². The van der Waals surface area contributed by atoms with Crippen molar-refractivity contribution in [1.82, 2.24) is 14.9 Å². The Hall–Kier alpha value is -2.86. The lowest BCUT2D eigenvalue weighted by Crippen LogP contribution is -2.32. The van der Waals surface area contributed by atoms with Gasteiger partial charge in [-0.05, 0) is 18.2 Å². The van der Waals surface area contributed by atoms with Crippen LogP contribution in [0.25, 0.3) is 0 Å². The van der Waals surface area contributed by atoms with Gasteiger partial charge in [0, 0.05) is 35.6 Å². The Morgan fingerprint density at radius 3 is 2.74 bits per heavy atom. The van der Waals surface area contributed by atoms with Crippen molar-refractivity contribution in [2.45, 2.75) is 12.5 Å². The molecule has 27 heavy (non-hydrogen) atoms. The number of carbonyl (C=O) groups excluding carboxylic acids is 1. The fraction of sp³-hybridized carbons (Fsp3) is 0.200. The van der Waals surface area contributed by atoms with E-state index in [1.165, 1.54) is 12.1 Å². The molecule has 0 fully saturated rings. The van der Waals surface area contributed by atoms with Crippen LogP contribution in [0.3, 0.4) is 0 Å². The Morgan fingerprint density at radius 2 is 2.07 bits per heavy atom. The van der Waals surface area contributed by atoms with Crippen molar-refractivity contribution in [3.8, 4) is 5.75 Å². The molecule has 0 radical (unpaired) electrons. The van der Waals surface area contributed by atoms with Crippen LogP contribution in [0, 0.1) is 5.82 Å². The average Bonchev–Trinajstić information content (AvgIpc) is 3.08. The minimum Gasteiger partial charge on any atom is -0.496 e. The molecule has 1 N–H and O–H groups in total. The standard InChI is InChI=1S/C20H19ClFN3O2/c1-25-11-10-23-20(25)19(13-6-3-4-9-17(13)27-2)24-18(26)12-14-15(21)7-5-8-16(14)22/h3-11,19H,12H2,1-2H3,(H,24,26)/t19-/m1/s1. The third kappa shape index (κ3) is 4.11. The summed E-state index contributed by atoms with van der Waals surface area (Å²) >= 11 is 6.04. The van der Waals surface area contributed by atoms with Gasteiger partial charge in [-0.25, -0.2) is 9.37 Å². The van der Waals surface area contributed by atoms with E-state index in [1.54, 1.807) is 25.6 Å². The molecule has 7 heteroatoms. The number of nitrogens with one attached hydrogen (secondary N) is 1. The molecule has 140 valence electrons. The smallest absolute Gasteiger partial charge is 0.225 e. The number of aryl methyl sites for hydroxylation is 1. The Bertz CT molecular complexity index is 938. The van der Waals surface area contributed by atoms with Gasteiger partial charge in [0.15, 0.2) is 0 Å². The molecule has 1 heterocycles. The molecule has 3 rings (SSSR count). The van der Waals surface area contributed by atoms with Gasteiger partial charge < -0.3 is 14.6 Å². The summed E-state index contributed by atoms with van der Waals surface area (Å²) in [5.41, 5.74) is 0.914. The second kappa shape index (κ2) is 8.22. The number of hydrogen-bond acceptors (Lipinski definition) is 3. The monoisotopic (exact) mass is 387 g/mol. The topological polar surface area (TPSA) is 56.1 Å². The molecule has 0 unspecified atom stereocenters. The summed E-state index contributed by atoms with van der Waals surface area (Å²) in [4.78, 5) is 17.0. The number of rotatable bonds is 6. The van der Waals surface area contributed by atoms with Gasteiger partial charge in [-0.15, -0.1) is 0 Å². The van der Waals surface area contributed by atoms with Gasteiger partial charge in [-0.1, -0.05) is 35.9 Å². The number of halogens is 2. The summed E-state index contributed by atoms with van der Waals surface area (Å²) in [6, 6.07) is 11.2. The van der Waals surface area contributed by atoms with Crippen molar-refractivity contribution in [2.75, 3.05) is 7.11 Å².